The molecule has 8 heteroatoms. The molecule has 3 N–H and O–H groups in total. The van der Waals surface area contributed by atoms with Crippen LogP contribution in [0.25, 0.3) is 10.9 Å². The van der Waals surface area contributed by atoms with Gasteiger partial charge in [0, 0.05) is 12.1 Å². The summed E-state index contributed by atoms with van der Waals surface area (Å²) in [7, 11) is 0. The van der Waals surface area contributed by atoms with Crippen molar-refractivity contribution in [2.75, 3.05) is 5.43 Å². The van der Waals surface area contributed by atoms with Crippen molar-refractivity contribution < 1.29 is 22.0 Å². The van der Waals surface area contributed by atoms with Gasteiger partial charge in [-0.25, -0.2) is 13.8 Å². The maximum Gasteiger partial charge on any atom is 0.433 e. The molecule has 0 aliphatic rings. The lowest BCUT2D eigenvalue weighted by atomic mass is 10.1. The van der Waals surface area contributed by atoms with Gasteiger partial charge in [-0.2, -0.15) is 13.2 Å². The summed E-state index contributed by atoms with van der Waals surface area (Å²) in [6.07, 6.45) is -4.73. The number of rotatable bonds is 1. The third kappa shape index (κ3) is 2.06. The van der Waals surface area contributed by atoms with Gasteiger partial charge in [0.1, 0.15) is 17.3 Å². The number of hydrogen-bond acceptors (Lipinski definition) is 3. The van der Waals surface area contributed by atoms with Crippen molar-refractivity contribution in [1.82, 2.24) is 4.98 Å². The van der Waals surface area contributed by atoms with Gasteiger partial charge in [-0.3, -0.25) is 5.84 Å². The van der Waals surface area contributed by atoms with Crippen molar-refractivity contribution in [3.8, 4) is 0 Å². The second-order valence-corrected chi connectivity index (χ2v) is 3.48. The highest BCUT2D eigenvalue weighted by atomic mass is 19.4. The Kier molecular flexibility index (Phi) is 2.81. The van der Waals surface area contributed by atoms with Crippen LogP contribution in [0, 0.1) is 11.6 Å². The fraction of sp³-hybridized carbons (Fsp3) is 0.100. The molecule has 0 saturated carbocycles. The zero-order valence-electron chi connectivity index (χ0n) is 8.65. The van der Waals surface area contributed by atoms with E-state index in [1.165, 1.54) is 0 Å². The van der Waals surface area contributed by atoms with Crippen LogP contribution in [0.5, 0.6) is 0 Å². The van der Waals surface area contributed by atoms with E-state index in [0.717, 1.165) is 0 Å². The number of pyridine rings is 1. The van der Waals surface area contributed by atoms with Gasteiger partial charge in [0.2, 0.25) is 0 Å². The van der Waals surface area contributed by atoms with Gasteiger partial charge in [0.15, 0.2) is 0 Å². The zero-order chi connectivity index (χ0) is 13.5. The lowest BCUT2D eigenvalue weighted by Crippen LogP contribution is -2.13. The van der Waals surface area contributed by atoms with Crippen molar-refractivity contribution in [2.45, 2.75) is 6.18 Å². The Morgan fingerprint density at radius 1 is 1.11 bits per heavy atom. The molecule has 0 aliphatic carbocycles. The SMILES string of the molecule is NNc1cc(C(F)(F)F)nc2cc(F)cc(F)c12. The number of nitrogens with zero attached hydrogens (tertiary/aromatic N) is 1. The summed E-state index contributed by atoms with van der Waals surface area (Å²) in [4.78, 5) is 3.18. The number of alkyl halides is 3. The lowest BCUT2D eigenvalue weighted by Gasteiger charge is -2.11. The molecule has 0 saturated heterocycles. The summed E-state index contributed by atoms with van der Waals surface area (Å²) in [5.41, 5.74) is -0.122. The smallest absolute Gasteiger partial charge is 0.323 e. The van der Waals surface area contributed by atoms with E-state index in [1.54, 1.807) is 0 Å². The molecular formula is C10H6F5N3. The maximum atomic E-state index is 13.5. The molecule has 0 radical (unpaired) electrons. The predicted molar refractivity (Wildman–Crippen MR) is 54.5 cm³/mol. The minimum Gasteiger partial charge on any atom is -0.323 e. The van der Waals surface area contributed by atoms with Crippen LogP contribution in [0.1, 0.15) is 5.69 Å². The standard InChI is InChI=1S/C10H6F5N3/c11-4-1-5(12)9-6(2-4)17-8(10(13,14)15)3-7(9)18-16/h1-3H,16H2,(H,17,18). The van der Waals surface area contributed by atoms with Gasteiger partial charge < -0.3 is 5.43 Å². The second kappa shape index (κ2) is 4.05. The van der Waals surface area contributed by atoms with E-state index in [1.807, 2.05) is 5.43 Å². The molecule has 1 aromatic heterocycles. The van der Waals surface area contributed by atoms with Crippen LogP contribution < -0.4 is 11.3 Å². The average Bonchev–Trinajstić information content (AvgIpc) is 2.25. The van der Waals surface area contributed by atoms with E-state index in [0.29, 0.717) is 18.2 Å². The molecule has 0 aliphatic heterocycles. The van der Waals surface area contributed by atoms with E-state index in [4.69, 9.17) is 5.84 Å². The molecule has 96 valence electrons. The molecule has 1 heterocycles. The summed E-state index contributed by atoms with van der Waals surface area (Å²) in [5, 5.41) is -0.299. The number of nitrogens with two attached hydrogens (primary N) is 1. The number of anilines is 1. The van der Waals surface area contributed by atoms with Gasteiger partial charge >= 0.3 is 6.18 Å². The Morgan fingerprint density at radius 2 is 1.78 bits per heavy atom. The molecule has 0 bridgehead atoms. The average molecular weight is 263 g/mol. The molecule has 1 aromatic carbocycles. The van der Waals surface area contributed by atoms with Crippen LogP contribution in [0.4, 0.5) is 27.6 Å². The normalized spacial score (nSPS) is 11.9. The minimum absolute atomic E-state index is 0.299. The van der Waals surface area contributed by atoms with Crippen LogP contribution >= 0.6 is 0 Å². The highest BCUT2D eigenvalue weighted by Gasteiger charge is 2.33. The predicted octanol–water partition coefficient (Wildman–Crippen LogP) is 2.82. The summed E-state index contributed by atoms with van der Waals surface area (Å²) < 4.78 is 64.0. The Balaban J connectivity index is 2.84. The Hall–Kier alpha value is -1.96. The van der Waals surface area contributed by atoms with Gasteiger partial charge in [0.05, 0.1) is 16.6 Å². The number of hydrazine groups is 1. The summed E-state index contributed by atoms with van der Waals surface area (Å²) >= 11 is 0. The van der Waals surface area contributed by atoms with Crippen LogP contribution in [0.15, 0.2) is 18.2 Å². The molecule has 0 amide bonds. The highest BCUT2D eigenvalue weighted by molar-refractivity contribution is 5.92. The molecule has 0 fully saturated rings. The van der Waals surface area contributed by atoms with Gasteiger partial charge in [0.25, 0.3) is 0 Å². The molecule has 2 rings (SSSR count). The number of hydrogen-bond donors (Lipinski definition) is 2. The van der Waals surface area contributed by atoms with Crippen LogP contribution in [0.3, 0.4) is 0 Å². The lowest BCUT2D eigenvalue weighted by molar-refractivity contribution is -0.140. The van der Waals surface area contributed by atoms with Gasteiger partial charge in [-0.1, -0.05) is 0 Å². The fourth-order valence-electron chi connectivity index (χ4n) is 1.54. The zero-order valence-corrected chi connectivity index (χ0v) is 8.65. The first-order chi connectivity index (χ1) is 8.32. The number of nitrogen functional groups attached to an aromatic ring is 1. The second-order valence-electron chi connectivity index (χ2n) is 3.48. The number of fused-ring (bicyclic) bond motifs is 1. The number of benzene rings is 1. The number of aromatic nitrogens is 1. The highest BCUT2D eigenvalue weighted by Crippen LogP contribution is 2.33. The van der Waals surface area contributed by atoms with Crippen molar-refractivity contribution >= 4 is 16.6 Å². The first-order valence-corrected chi connectivity index (χ1v) is 4.66. The first-order valence-electron chi connectivity index (χ1n) is 4.66. The van der Waals surface area contributed by atoms with Crippen molar-refractivity contribution in [3.05, 3.63) is 35.5 Å². The molecule has 0 atom stereocenters. The summed E-state index contributed by atoms with van der Waals surface area (Å²) in [5.74, 6) is 2.97. The van der Waals surface area contributed by atoms with E-state index in [9.17, 15) is 22.0 Å². The molecule has 3 nitrogen and oxygen atoms in total. The van der Waals surface area contributed by atoms with Gasteiger partial charge in [-0.05, 0) is 6.07 Å². The van der Waals surface area contributed by atoms with Crippen molar-refractivity contribution in [3.63, 3.8) is 0 Å². The molecular weight excluding hydrogens is 257 g/mol. The van der Waals surface area contributed by atoms with Crippen LogP contribution in [0.2, 0.25) is 0 Å². The number of halogens is 5. The number of nitrogens with one attached hydrogen (secondary N) is 1. The minimum atomic E-state index is -4.73. The third-order valence-corrected chi connectivity index (χ3v) is 2.27. The van der Waals surface area contributed by atoms with Crippen LogP contribution in [-0.2, 0) is 6.18 Å². The van der Waals surface area contributed by atoms with Crippen molar-refractivity contribution in [2.24, 2.45) is 5.84 Å². The van der Waals surface area contributed by atoms with Crippen LogP contribution in [-0.4, -0.2) is 4.98 Å². The topological polar surface area (TPSA) is 50.9 Å². The summed E-state index contributed by atoms with van der Waals surface area (Å²) in [6.45, 7) is 0. The molecule has 0 spiro atoms. The Bertz CT molecular complexity index is 608. The van der Waals surface area contributed by atoms with E-state index >= 15 is 0 Å². The largest absolute Gasteiger partial charge is 0.433 e. The third-order valence-electron chi connectivity index (χ3n) is 2.27. The first kappa shape index (κ1) is 12.5. The molecule has 18 heavy (non-hydrogen) atoms. The molecule has 2 aromatic rings. The summed E-state index contributed by atoms with van der Waals surface area (Å²) in [6, 6.07) is 1.80. The monoisotopic (exact) mass is 263 g/mol. The van der Waals surface area contributed by atoms with Crippen molar-refractivity contribution in [1.29, 1.82) is 0 Å². The Morgan fingerprint density at radius 3 is 2.33 bits per heavy atom. The molecule has 0 unspecified atom stereocenters. The van der Waals surface area contributed by atoms with E-state index < -0.39 is 29.0 Å². The Labute approximate surface area is 97.4 Å². The van der Waals surface area contributed by atoms with Gasteiger partial charge in [-0.15, -0.1) is 0 Å². The van der Waals surface area contributed by atoms with E-state index in [2.05, 4.69) is 4.98 Å². The fourth-order valence-corrected chi connectivity index (χ4v) is 1.54. The maximum absolute atomic E-state index is 13.5. The quantitative estimate of drug-likeness (QED) is 0.472. The van der Waals surface area contributed by atoms with E-state index in [-0.39, 0.29) is 11.1 Å².